The van der Waals surface area contributed by atoms with Crippen LogP contribution >= 0.6 is 0 Å². The molecule has 0 aliphatic heterocycles. The maximum absolute atomic E-state index is 6.31. The van der Waals surface area contributed by atoms with E-state index < -0.39 is 0 Å². The Morgan fingerprint density at radius 2 is 2.06 bits per heavy atom. The minimum Gasteiger partial charge on any atom is -0.327 e. The van der Waals surface area contributed by atoms with Crippen molar-refractivity contribution >= 4 is 0 Å². The maximum Gasteiger partial charge on any atom is 0.0404 e. The topological polar surface area (TPSA) is 38.9 Å². The SMILES string of the molecule is CC1CCC(C(N)CCc2ccccn2)CC1. The summed E-state index contributed by atoms with van der Waals surface area (Å²) in [5, 5.41) is 0. The average molecular weight is 232 g/mol. The van der Waals surface area contributed by atoms with Crippen LogP contribution < -0.4 is 5.73 Å². The van der Waals surface area contributed by atoms with E-state index in [4.69, 9.17) is 5.73 Å². The molecule has 1 unspecified atom stereocenters. The van der Waals surface area contributed by atoms with E-state index in [9.17, 15) is 0 Å². The van der Waals surface area contributed by atoms with Crippen LogP contribution in [0.2, 0.25) is 0 Å². The smallest absolute Gasteiger partial charge is 0.0404 e. The van der Waals surface area contributed by atoms with Gasteiger partial charge in [-0.15, -0.1) is 0 Å². The van der Waals surface area contributed by atoms with Gasteiger partial charge < -0.3 is 5.73 Å². The van der Waals surface area contributed by atoms with Gasteiger partial charge in [0.25, 0.3) is 0 Å². The fourth-order valence-electron chi connectivity index (χ4n) is 2.81. The second-order valence-electron chi connectivity index (χ2n) is 5.54. The van der Waals surface area contributed by atoms with E-state index in [0.717, 1.165) is 24.7 Å². The van der Waals surface area contributed by atoms with E-state index in [1.54, 1.807) is 0 Å². The zero-order chi connectivity index (χ0) is 12.1. The lowest BCUT2D eigenvalue weighted by molar-refractivity contribution is 0.248. The third-order valence-corrected chi connectivity index (χ3v) is 4.13. The molecular formula is C15H24N2. The van der Waals surface area contributed by atoms with E-state index in [1.165, 1.54) is 31.4 Å². The van der Waals surface area contributed by atoms with Crippen molar-refractivity contribution in [1.29, 1.82) is 0 Å². The highest BCUT2D eigenvalue weighted by molar-refractivity contribution is 5.03. The van der Waals surface area contributed by atoms with Crippen LogP contribution in [0.3, 0.4) is 0 Å². The zero-order valence-corrected chi connectivity index (χ0v) is 10.8. The molecule has 1 aromatic rings. The van der Waals surface area contributed by atoms with E-state index in [0.29, 0.717) is 6.04 Å². The lowest BCUT2D eigenvalue weighted by atomic mass is 9.78. The second-order valence-corrected chi connectivity index (χ2v) is 5.54. The number of rotatable bonds is 4. The number of hydrogen-bond donors (Lipinski definition) is 1. The van der Waals surface area contributed by atoms with E-state index >= 15 is 0 Å². The van der Waals surface area contributed by atoms with Gasteiger partial charge in [-0.1, -0.05) is 25.8 Å². The molecule has 17 heavy (non-hydrogen) atoms. The van der Waals surface area contributed by atoms with Gasteiger partial charge in [-0.3, -0.25) is 4.98 Å². The van der Waals surface area contributed by atoms with Crippen molar-refractivity contribution in [3.8, 4) is 0 Å². The molecule has 1 fully saturated rings. The Hall–Kier alpha value is -0.890. The molecular weight excluding hydrogens is 208 g/mol. The summed E-state index contributed by atoms with van der Waals surface area (Å²) in [4.78, 5) is 4.35. The van der Waals surface area contributed by atoms with Gasteiger partial charge in [-0.05, 0) is 49.7 Å². The van der Waals surface area contributed by atoms with Crippen molar-refractivity contribution in [2.75, 3.05) is 0 Å². The van der Waals surface area contributed by atoms with Crippen molar-refractivity contribution < 1.29 is 0 Å². The predicted molar refractivity (Wildman–Crippen MR) is 71.7 cm³/mol. The van der Waals surface area contributed by atoms with Crippen molar-refractivity contribution in [3.63, 3.8) is 0 Å². The summed E-state index contributed by atoms with van der Waals surface area (Å²) in [6, 6.07) is 6.47. The van der Waals surface area contributed by atoms with Crippen molar-refractivity contribution in [2.45, 2.75) is 51.5 Å². The third-order valence-electron chi connectivity index (χ3n) is 4.13. The summed E-state index contributed by atoms with van der Waals surface area (Å²) in [5.74, 6) is 1.66. The van der Waals surface area contributed by atoms with Crippen LogP contribution in [0.15, 0.2) is 24.4 Å². The highest BCUT2D eigenvalue weighted by Crippen LogP contribution is 2.30. The first kappa shape index (κ1) is 12.6. The van der Waals surface area contributed by atoms with E-state index in [1.807, 2.05) is 12.3 Å². The van der Waals surface area contributed by atoms with Gasteiger partial charge in [0.2, 0.25) is 0 Å². The third kappa shape index (κ3) is 3.81. The quantitative estimate of drug-likeness (QED) is 0.866. The first-order chi connectivity index (χ1) is 8.25. The Morgan fingerprint density at radius 3 is 2.71 bits per heavy atom. The molecule has 1 aliphatic rings. The molecule has 2 heteroatoms. The molecule has 0 amide bonds. The van der Waals surface area contributed by atoms with Crippen LogP contribution in [-0.4, -0.2) is 11.0 Å². The minimum absolute atomic E-state index is 0.365. The standard InChI is InChI=1S/C15H24N2/c1-12-5-7-13(8-6-12)15(16)10-9-14-4-2-3-11-17-14/h2-4,11-13,15H,5-10,16H2,1H3. The second kappa shape index (κ2) is 6.15. The Morgan fingerprint density at radius 1 is 1.29 bits per heavy atom. The van der Waals surface area contributed by atoms with Crippen LogP contribution in [0.1, 0.15) is 44.7 Å². The Labute approximate surface area is 105 Å². The number of nitrogens with two attached hydrogens (primary N) is 1. The number of hydrogen-bond acceptors (Lipinski definition) is 2. The van der Waals surface area contributed by atoms with Crippen LogP contribution in [0.25, 0.3) is 0 Å². The number of nitrogens with zero attached hydrogens (tertiary/aromatic N) is 1. The molecule has 94 valence electrons. The van der Waals surface area contributed by atoms with Gasteiger partial charge in [0.1, 0.15) is 0 Å². The first-order valence-corrected chi connectivity index (χ1v) is 6.91. The fourth-order valence-corrected chi connectivity index (χ4v) is 2.81. The van der Waals surface area contributed by atoms with Gasteiger partial charge in [-0.25, -0.2) is 0 Å². The molecule has 2 nitrogen and oxygen atoms in total. The predicted octanol–water partition coefficient (Wildman–Crippen LogP) is 3.17. The van der Waals surface area contributed by atoms with Crippen molar-refractivity contribution in [2.24, 2.45) is 17.6 Å². The molecule has 1 atom stereocenters. The summed E-state index contributed by atoms with van der Waals surface area (Å²) >= 11 is 0. The van der Waals surface area contributed by atoms with Crippen LogP contribution in [0, 0.1) is 11.8 Å². The first-order valence-electron chi connectivity index (χ1n) is 6.91. The van der Waals surface area contributed by atoms with Gasteiger partial charge >= 0.3 is 0 Å². The van der Waals surface area contributed by atoms with Gasteiger partial charge in [-0.2, -0.15) is 0 Å². The van der Waals surface area contributed by atoms with E-state index in [-0.39, 0.29) is 0 Å². The Bertz CT molecular complexity index is 315. The normalized spacial score (nSPS) is 26.7. The molecule has 2 rings (SSSR count). The monoisotopic (exact) mass is 232 g/mol. The number of aryl methyl sites for hydroxylation is 1. The lowest BCUT2D eigenvalue weighted by Crippen LogP contribution is -2.33. The number of pyridine rings is 1. The molecule has 0 radical (unpaired) electrons. The summed E-state index contributed by atoms with van der Waals surface area (Å²) in [6.45, 7) is 2.36. The summed E-state index contributed by atoms with van der Waals surface area (Å²) in [6.07, 6.45) is 9.34. The highest BCUT2D eigenvalue weighted by Gasteiger charge is 2.23. The summed E-state index contributed by atoms with van der Waals surface area (Å²) < 4.78 is 0. The van der Waals surface area contributed by atoms with Crippen LogP contribution in [0.4, 0.5) is 0 Å². The average Bonchev–Trinajstić information content (AvgIpc) is 2.38. The van der Waals surface area contributed by atoms with Gasteiger partial charge in [0, 0.05) is 17.9 Å². The molecule has 0 spiro atoms. The molecule has 0 saturated heterocycles. The molecule has 1 heterocycles. The number of aromatic nitrogens is 1. The fraction of sp³-hybridized carbons (Fsp3) is 0.667. The Kier molecular flexibility index (Phi) is 4.55. The van der Waals surface area contributed by atoms with Crippen LogP contribution in [0.5, 0.6) is 0 Å². The minimum atomic E-state index is 0.365. The lowest BCUT2D eigenvalue weighted by Gasteiger charge is -2.30. The van der Waals surface area contributed by atoms with Crippen LogP contribution in [-0.2, 0) is 6.42 Å². The molecule has 0 aromatic carbocycles. The molecule has 1 saturated carbocycles. The maximum atomic E-state index is 6.31. The van der Waals surface area contributed by atoms with Gasteiger partial charge in [0.05, 0.1) is 0 Å². The highest BCUT2D eigenvalue weighted by atomic mass is 14.7. The molecule has 1 aliphatic carbocycles. The van der Waals surface area contributed by atoms with Gasteiger partial charge in [0.15, 0.2) is 0 Å². The van der Waals surface area contributed by atoms with Crippen molar-refractivity contribution in [3.05, 3.63) is 30.1 Å². The largest absolute Gasteiger partial charge is 0.327 e. The van der Waals surface area contributed by atoms with E-state index in [2.05, 4.69) is 24.0 Å². The Balaban J connectivity index is 1.75. The zero-order valence-electron chi connectivity index (χ0n) is 10.8. The molecule has 1 aromatic heterocycles. The summed E-state index contributed by atoms with van der Waals surface area (Å²) in [5.41, 5.74) is 7.49. The molecule has 2 N–H and O–H groups in total. The summed E-state index contributed by atoms with van der Waals surface area (Å²) in [7, 11) is 0. The molecule has 0 bridgehead atoms. The van der Waals surface area contributed by atoms with Crippen molar-refractivity contribution in [1.82, 2.24) is 4.98 Å².